The fourth-order valence-electron chi connectivity index (χ4n) is 2.32. The number of non-ortho nitro benzene ring substituents is 1. The van der Waals surface area contributed by atoms with Crippen LogP contribution in [0.4, 0.5) is 11.4 Å². The topological polar surface area (TPSA) is 125 Å². The number of nitro benzene ring substituents is 1. The summed E-state index contributed by atoms with van der Waals surface area (Å²) < 4.78 is 6.03. The molecule has 138 valence electrons. The molecule has 9 nitrogen and oxygen atoms in total. The Bertz CT molecular complexity index is 990. The second-order valence-corrected chi connectivity index (χ2v) is 6.47. The van der Waals surface area contributed by atoms with E-state index in [9.17, 15) is 20.0 Å². The van der Waals surface area contributed by atoms with Crippen molar-refractivity contribution < 1.29 is 24.0 Å². The number of thioether (sulfide) groups is 1. The molecule has 0 aliphatic rings. The standard InChI is InChI=1S/C17H14N4O5S/c1-11-9-13(21(24)25)7-8-14(11)18-15(22)10-27-16-17(23)26-19-20(16)12-5-3-2-4-6-12/h2-9H,10H2,1H3,(H-,18,19,22,23). The number of nitrogens with one attached hydrogen (secondary N) is 1. The zero-order chi connectivity index (χ0) is 19.4. The third-order valence-corrected chi connectivity index (χ3v) is 4.63. The molecule has 1 N–H and O–H groups in total. The number of nitrogens with zero attached hydrogens (tertiary/aromatic N) is 3. The Hall–Kier alpha value is -3.40. The van der Waals surface area contributed by atoms with E-state index in [2.05, 4.69) is 10.6 Å². The minimum atomic E-state index is -0.636. The fraction of sp³-hybridized carbons (Fsp3) is 0.118. The lowest BCUT2D eigenvalue weighted by Crippen LogP contribution is -2.35. The number of anilines is 1. The van der Waals surface area contributed by atoms with Gasteiger partial charge >= 0.3 is 0 Å². The van der Waals surface area contributed by atoms with Crippen LogP contribution in [0.5, 0.6) is 5.95 Å². The van der Waals surface area contributed by atoms with Gasteiger partial charge in [0.05, 0.1) is 15.9 Å². The maximum atomic E-state index is 12.2. The van der Waals surface area contributed by atoms with Crippen LogP contribution in [-0.2, 0) is 4.79 Å². The molecule has 1 heterocycles. The summed E-state index contributed by atoms with van der Waals surface area (Å²) in [5.41, 5.74) is 1.62. The van der Waals surface area contributed by atoms with Crippen LogP contribution in [-0.4, -0.2) is 21.9 Å². The van der Waals surface area contributed by atoms with Gasteiger partial charge in [0.2, 0.25) is 11.6 Å². The van der Waals surface area contributed by atoms with E-state index in [-0.39, 0.29) is 22.4 Å². The summed E-state index contributed by atoms with van der Waals surface area (Å²) in [4.78, 5) is 22.5. The van der Waals surface area contributed by atoms with E-state index in [1.54, 1.807) is 31.2 Å². The molecule has 0 saturated heterocycles. The first-order chi connectivity index (χ1) is 13.0. The van der Waals surface area contributed by atoms with Crippen molar-refractivity contribution in [2.24, 2.45) is 0 Å². The summed E-state index contributed by atoms with van der Waals surface area (Å²) in [7, 11) is 0. The van der Waals surface area contributed by atoms with E-state index in [4.69, 9.17) is 4.52 Å². The number of rotatable bonds is 6. The highest BCUT2D eigenvalue weighted by molar-refractivity contribution is 7.99. The van der Waals surface area contributed by atoms with Crippen LogP contribution in [0, 0.1) is 17.0 Å². The van der Waals surface area contributed by atoms with Gasteiger partial charge in [-0.05, 0) is 35.0 Å². The van der Waals surface area contributed by atoms with E-state index in [0.29, 0.717) is 16.9 Å². The fourth-order valence-corrected chi connectivity index (χ4v) is 3.07. The zero-order valence-corrected chi connectivity index (χ0v) is 14.9. The van der Waals surface area contributed by atoms with Gasteiger partial charge in [-0.25, -0.2) is 0 Å². The van der Waals surface area contributed by atoms with E-state index in [0.717, 1.165) is 11.8 Å². The van der Waals surface area contributed by atoms with Crippen LogP contribution in [0.1, 0.15) is 5.56 Å². The minimum absolute atomic E-state index is 0.0516. The predicted molar refractivity (Wildman–Crippen MR) is 94.7 cm³/mol. The summed E-state index contributed by atoms with van der Waals surface area (Å²) >= 11 is 0.990. The quantitative estimate of drug-likeness (QED) is 0.297. The van der Waals surface area contributed by atoms with Crippen molar-refractivity contribution in [2.45, 2.75) is 11.9 Å². The molecule has 1 aromatic heterocycles. The number of carbonyl (C=O) groups is 1. The number of nitro groups is 1. The van der Waals surface area contributed by atoms with E-state index >= 15 is 0 Å². The smallest absolute Gasteiger partial charge is 0.298 e. The number of aromatic nitrogens is 2. The summed E-state index contributed by atoms with van der Waals surface area (Å²) in [5.74, 6) is -1.06. The van der Waals surface area contributed by atoms with Gasteiger partial charge in [0.25, 0.3) is 10.7 Å². The van der Waals surface area contributed by atoms with E-state index < -0.39 is 10.9 Å². The van der Waals surface area contributed by atoms with Crippen LogP contribution in [0.25, 0.3) is 5.69 Å². The monoisotopic (exact) mass is 386 g/mol. The predicted octanol–water partition coefficient (Wildman–Crippen LogP) is 1.97. The molecule has 2 aromatic carbocycles. The van der Waals surface area contributed by atoms with Crippen LogP contribution in [0.3, 0.4) is 0 Å². The Morgan fingerprint density at radius 2 is 2.04 bits per heavy atom. The Kier molecular flexibility index (Phi) is 5.36. The van der Waals surface area contributed by atoms with Crippen LogP contribution < -0.4 is 15.1 Å². The summed E-state index contributed by atoms with van der Waals surface area (Å²) in [6.07, 6.45) is 0. The lowest BCUT2D eigenvalue weighted by atomic mass is 10.2. The molecule has 0 spiro atoms. The van der Waals surface area contributed by atoms with Gasteiger partial charge in [0.15, 0.2) is 5.95 Å². The van der Waals surface area contributed by atoms with Crippen molar-refractivity contribution in [1.82, 2.24) is 5.27 Å². The maximum Gasteiger partial charge on any atom is 0.298 e. The molecule has 3 rings (SSSR count). The first-order valence-corrected chi connectivity index (χ1v) is 8.76. The minimum Gasteiger partial charge on any atom is -0.538 e. The molecule has 0 saturated carbocycles. The Morgan fingerprint density at radius 3 is 2.70 bits per heavy atom. The molecular formula is C17H14N4O5S. The van der Waals surface area contributed by atoms with Crippen molar-refractivity contribution in [1.29, 1.82) is 0 Å². The summed E-state index contributed by atoms with van der Waals surface area (Å²) in [6, 6.07) is 13.1. The highest BCUT2D eigenvalue weighted by Crippen LogP contribution is 2.25. The molecule has 0 aliphatic heterocycles. The zero-order valence-electron chi connectivity index (χ0n) is 14.1. The lowest BCUT2D eigenvalue weighted by molar-refractivity contribution is -0.705. The van der Waals surface area contributed by atoms with Crippen LogP contribution in [0.2, 0.25) is 0 Å². The summed E-state index contributed by atoms with van der Waals surface area (Å²) in [6.45, 7) is 1.66. The highest BCUT2D eigenvalue weighted by atomic mass is 32.2. The Balaban J connectivity index is 1.69. The second kappa shape index (κ2) is 7.87. The molecule has 3 aromatic rings. The van der Waals surface area contributed by atoms with Crippen LogP contribution in [0.15, 0.2) is 58.1 Å². The van der Waals surface area contributed by atoms with Crippen LogP contribution >= 0.6 is 11.8 Å². The number of para-hydroxylation sites is 1. The van der Waals surface area contributed by atoms with Gasteiger partial charge in [-0.1, -0.05) is 18.2 Å². The molecule has 27 heavy (non-hydrogen) atoms. The number of hydrogen-bond acceptors (Lipinski definition) is 7. The number of aryl methyl sites for hydroxylation is 1. The first-order valence-electron chi connectivity index (χ1n) is 7.78. The molecule has 0 fully saturated rings. The van der Waals surface area contributed by atoms with Gasteiger partial charge in [0, 0.05) is 30.0 Å². The van der Waals surface area contributed by atoms with Crippen molar-refractivity contribution >= 4 is 29.0 Å². The molecule has 0 atom stereocenters. The normalized spacial score (nSPS) is 10.6. The molecule has 10 heteroatoms. The Labute approximate surface area is 157 Å². The van der Waals surface area contributed by atoms with E-state index in [1.165, 1.54) is 22.9 Å². The maximum absolute atomic E-state index is 12.2. The van der Waals surface area contributed by atoms with Gasteiger partial charge in [-0.15, -0.1) is 0 Å². The number of amides is 1. The van der Waals surface area contributed by atoms with E-state index in [1.807, 2.05) is 6.07 Å². The molecule has 0 unspecified atom stereocenters. The van der Waals surface area contributed by atoms with Gasteiger partial charge in [-0.2, -0.15) is 0 Å². The number of benzene rings is 2. The molecule has 0 radical (unpaired) electrons. The van der Waals surface area contributed by atoms with Gasteiger partial charge < -0.3 is 14.9 Å². The Morgan fingerprint density at radius 1 is 1.30 bits per heavy atom. The number of carbonyl (C=O) groups excluding carboxylic acids is 1. The first kappa shape index (κ1) is 18.4. The second-order valence-electron chi connectivity index (χ2n) is 5.51. The summed E-state index contributed by atoms with van der Waals surface area (Å²) in [5, 5.41) is 29.2. The van der Waals surface area contributed by atoms with Crippen molar-refractivity contribution in [2.75, 3.05) is 11.1 Å². The molecule has 0 bridgehead atoms. The average molecular weight is 386 g/mol. The third-order valence-electron chi connectivity index (χ3n) is 3.61. The van der Waals surface area contributed by atoms with Crippen molar-refractivity contribution in [3.8, 4) is 11.6 Å². The average Bonchev–Trinajstić information content (AvgIpc) is 3.03. The molecule has 1 amide bonds. The SMILES string of the molecule is Cc1cc([N+](=O)[O-])ccc1NC(=O)CSc1c([O-])on[n+]1-c1ccccc1. The van der Waals surface area contributed by atoms with Gasteiger partial charge in [-0.3, -0.25) is 14.9 Å². The largest absolute Gasteiger partial charge is 0.538 e. The number of hydrogen-bond donors (Lipinski definition) is 1. The van der Waals surface area contributed by atoms with Crippen molar-refractivity contribution in [3.63, 3.8) is 0 Å². The van der Waals surface area contributed by atoms with Gasteiger partial charge in [0.1, 0.15) is 0 Å². The molecule has 0 aliphatic carbocycles. The molecular weight excluding hydrogens is 372 g/mol. The lowest BCUT2D eigenvalue weighted by Gasteiger charge is -2.07. The highest BCUT2D eigenvalue weighted by Gasteiger charge is 2.22. The van der Waals surface area contributed by atoms with Crippen molar-refractivity contribution in [3.05, 3.63) is 64.2 Å². The third kappa shape index (κ3) is 4.23.